The van der Waals surface area contributed by atoms with Crippen LogP contribution < -0.4 is 10.1 Å². The molecule has 1 N–H and O–H groups in total. The van der Waals surface area contributed by atoms with Crippen LogP contribution in [0.15, 0.2) is 42.5 Å². The zero-order valence-electron chi connectivity index (χ0n) is 10.5. The highest BCUT2D eigenvalue weighted by atomic mass is 35.5. The van der Waals surface area contributed by atoms with E-state index >= 15 is 0 Å². The summed E-state index contributed by atoms with van der Waals surface area (Å²) >= 11 is 5.88. The summed E-state index contributed by atoms with van der Waals surface area (Å²) in [4.78, 5) is 0. The Morgan fingerprint density at radius 2 is 1.95 bits per heavy atom. The van der Waals surface area contributed by atoms with E-state index in [-0.39, 0.29) is 0 Å². The van der Waals surface area contributed by atoms with Crippen molar-refractivity contribution < 1.29 is 4.74 Å². The molecule has 2 aromatic carbocycles. The molecule has 19 heavy (non-hydrogen) atoms. The zero-order chi connectivity index (χ0) is 13.7. The van der Waals surface area contributed by atoms with Crippen molar-refractivity contribution in [2.75, 3.05) is 12.4 Å². The van der Waals surface area contributed by atoms with Crippen LogP contribution >= 0.6 is 11.6 Å². The first-order valence-electron chi connectivity index (χ1n) is 5.79. The summed E-state index contributed by atoms with van der Waals surface area (Å²) in [6.45, 7) is 0.677. The number of nitrogens with zero attached hydrogens (tertiary/aromatic N) is 1. The molecule has 0 atom stereocenters. The first-order chi connectivity index (χ1) is 9.22. The lowest BCUT2D eigenvalue weighted by molar-refractivity contribution is 0.414. The maximum absolute atomic E-state index is 8.91. The minimum Gasteiger partial charge on any atom is -0.497 e. The van der Waals surface area contributed by atoms with Crippen molar-refractivity contribution in [2.24, 2.45) is 0 Å². The highest BCUT2D eigenvalue weighted by Crippen LogP contribution is 2.20. The van der Waals surface area contributed by atoms with Crippen LogP contribution in [-0.2, 0) is 6.54 Å². The van der Waals surface area contributed by atoms with Gasteiger partial charge in [0, 0.05) is 12.2 Å². The number of hydrogen-bond acceptors (Lipinski definition) is 3. The average Bonchev–Trinajstić information content (AvgIpc) is 2.47. The highest BCUT2D eigenvalue weighted by molar-refractivity contribution is 6.31. The summed E-state index contributed by atoms with van der Waals surface area (Å²) in [5.41, 5.74) is 2.48. The molecule has 0 aliphatic heterocycles. The maximum atomic E-state index is 8.91. The molecule has 0 aliphatic rings. The summed E-state index contributed by atoms with van der Waals surface area (Å²) in [7, 11) is 1.64. The molecule has 0 spiro atoms. The van der Waals surface area contributed by atoms with Gasteiger partial charge in [0.05, 0.1) is 17.7 Å². The van der Waals surface area contributed by atoms with E-state index in [9.17, 15) is 0 Å². The van der Waals surface area contributed by atoms with Crippen LogP contribution in [0.25, 0.3) is 0 Å². The fourth-order valence-corrected chi connectivity index (χ4v) is 1.83. The molecular weight excluding hydrogens is 260 g/mol. The average molecular weight is 273 g/mol. The summed E-state index contributed by atoms with van der Waals surface area (Å²) in [5.74, 6) is 0.835. The Morgan fingerprint density at radius 3 is 2.58 bits per heavy atom. The van der Waals surface area contributed by atoms with E-state index in [1.165, 1.54) is 0 Å². The van der Waals surface area contributed by atoms with Gasteiger partial charge in [0.1, 0.15) is 11.8 Å². The Labute approximate surface area is 117 Å². The molecule has 96 valence electrons. The number of nitriles is 1. The lowest BCUT2D eigenvalue weighted by Crippen LogP contribution is -1.99. The Bertz CT molecular complexity index is 603. The number of nitrogens with one attached hydrogen (secondary N) is 1. The standard InChI is InChI=1S/C15H13ClN2O/c1-19-14-5-2-11(3-6-14)10-18-13-4-7-15(16)12(8-13)9-17/h2-8,18H,10H2,1H3. The molecule has 0 aromatic heterocycles. The van der Waals surface area contributed by atoms with Crippen LogP contribution in [-0.4, -0.2) is 7.11 Å². The van der Waals surface area contributed by atoms with Crippen LogP contribution in [0.4, 0.5) is 5.69 Å². The van der Waals surface area contributed by atoms with Gasteiger partial charge in [-0.1, -0.05) is 23.7 Å². The largest absolute Gasteiger partial charge is 0.497 e. The second-order valence-electron chi connectivity index (χ2n) is 4.01. The lowest BCUT2D eigenvalue weighted by Gasteiger charge is -2.08. The van der Waals surface area contributed by atoms with E-state index in [1.807, 2.05) is 30.3 Å². The summed E-state index contributed by atoms with van der Waals surface area (Å²) in [6, 6.07) is 15.2. The summed E-state index contributed by atoms with van der Waals surface area (Å²) < 4.78 is 5.10. The third kappa shape index (κ3) is 3.40. The van der Waals surface area contributed by atoms with Gasteiger partial charge in [-0.25, -0.2) is 0 Å². The first kappa shape index (κ1) is 13.3. The van der Waals surface area contributed by atoms with Crippen LogP contribution in [0.3, 0.4) is 0 Å². The molecule has 0 bridgehead atoms. The fraction of sp³-hybridized carbons (Fsp3) is 0.133. The number of ether oxygens (including phenoxy) is 1. The van der Waals surface area contributed by atoms with E-state index in [4.69, 9.17) is 21.6 Å². The second kappa shape index (κ2) is 6.12. The first-order valence-corrected chi connectivity index (χ1v) is 6.17. The number of rotatable bonds is 4. The zero-order valence-corrected chi connectivity index (χ0v) is 11.2. The van der Waals surface area contributed by atoms with E-state index in [0.29, 0.717) is 17.1 Å². The topological polar surface area (TPSA) is 45.0 Å². The van der Waals surface area contributed by atoms with Gasteiger partial charge in [-0.3, -0.25) is 0 Å². The quantitative estimate of drug-likeness (QED) is 0.920. The number of methoxy groups -OCH3 is 1. The molecule has 4 heteroatoms. The molecule has 2 rings (SSSR count). The Kier molecular flexibility index (Phi) is 4.27. The highest BCUT2D eigenvalue weighted by Gasteiger charge is 2.01. The predicted molar refractivity (Wildman–Crippen MR) is 76.5 cm³/mol. The van der Waals surface area contributed by atoms with Gasteiger partial charge in [0.25, 0.3) is 0 Å². The van der Waals surface area contributed by atoms with Crippen molar-refractivity contribution in [1.82, 2.24) is 0 Å². The monoisotopic (exact) mass is 272 g/mol. The Morgan fingerprint density at radius 1 is 1.21 bits per heavy atom. The van der Waals surface area contributed by atoms with Gasteiger partial charge in [-0.2, -0.15) is 5.26 Å². The number of halogens is 1. The Hall–Kier alpha value is -2.18. The fourth-order valence-electron chi connectivity index (χ4n) is 1.67. The minimum atomic E-state index is 0.470. The molecular formula is C15H13ClN2O. The number of hydrogen-bond donors (Lipinski definition) is 1. The van der Waals surface area contributed by atoms with Gasteiger partial charge >= 0.3 is 0 Å². The van der Waals surface area contributed by atoms with Gasteiger partial charge in [-0.15, -0.1) is 0 Å². The van der Waals surface area contributed by atoms with Gasteiger partial charge in [-0.05, 0) is 35.9 Å². The summed E-state index contributed by atoms with van der Waals surface area (Å²) in [5, 5.41) is 12.6. The SMILES string of the molecule is COc1ccc(CNc2ccc(Cl)c(C#N)c2)cc1. The molecule has 0 saturated heterocycles. The van der Waals surface area contributed by atoms with E-state index in [1.54, 1.807) is 19.2 Å². The van der Waals surface area contributed by atoms with Gasteiger partial charge in [0.2, 0.25) is 0 Å². The van der Waals surface area contributed by atoms with Crippen molar-refractivity contribution in [3.05, 3.63) is 58.6 Å². The predicted octanol–water partition coefficient (Wildman–Crippen LogP) is 3.83. The molecule has 0 fully saturated rings. The summed E-state index contributed by atoms with van der Waals surface area (Å²) in [6.07, 6.45) is 0. The second-order valence-corrected chi connectivity index (χ2v) is 4.42. The third-order valence-corrected chi connectivity index (χ3v) is 3.07. The van der Waals surface area contributed by atoms with Crippen molar-refractivity contribution in [3.8, 4) is 11.8 Å². The third-order valence-electron chi connectivity index (χ3n) is 2.74. The van der Waals surface area contributed by atoms with E-state index < -0.39 is 0 Å². The normalized spacial score (nSPS) is 9.74. The van der Waals surface area contributed by atoms with Crippen LogP contribution in [0.5, 0.6) is 5.75 Å². The Balaban J connectivity index is 2.04. The molecule has 0 heterocycles. The molecule has 0 saturated carbocycles. The number of benzene rings is 2. The van der Waals surface area contributed by atoms with Crippen molar-refractivity contribution in [3.63, 3.8) is 0 Å². The minimum absolute atomic E-state index is 0.470. The molecule has 0 aliphatic carbocycles. The smallest absolute Gasteiger partial charge is 0.118 e. The van der Waals surface area contributed by atoms with Crippen LogP contribution in [0, 0.1) is 11.3 Å². The van der Waals surface area contributed by atoms with Gasteiger partial charge < -0.3 is 10.1 Å². The molecule has 2 aromatic rings. The van der Waals surface area contributed by atoms with E-state index in [2.05, 4.69) is 11.4 Å². The number of anilines is 1. The maximum Gasteiger partial charge on any atom is 0.118 e. The van der Waals surface area contributed by atoms with Crippen molar-refractivity contribution in [1.29, 1.82) is 5.26 Å². The van der Waals surface area contributed by atoms with Crippen LogP contribution in [0.2, 0.25) is 5.02 Å². The molecule has 0 unspecified atom stereocenters. The van der Waals surface area contributed by atoms with Crippen LogP contribution in [0.1, 0.15) is 11.1 Å². The van der Waals surface area contributed by atoms with Gasteiger partial charge in [0.15, 0.2) is 0 Å². The molecule has 3 nitrogen and oxygen atoms in total. The molecule has 0 radical (unpaired) electrons. The van der Waals surface area contributed by atoms with Crippen molar-refractivity contribution >= 4 is 17.3 Å². The van der Waals surface area contributed by atoms with Crippen molar-refractivity contribution in [2.45, 2.75) is 6.54 Å². The lowest BCUT2D eigenvalue weighted by atomic mass is 10.2. The molecule has 0 amide bonds. The van der Waals surface area contributed by atoms with E-state index in [0.717, 1.165) is 17.0 Å².